The Morgan fingerprint density at radius 1 is 0.800 bits per heavy atom. The van der Waals surface area contributed by atoms with E-state index < -0.39 is 0 Å². The Bertz CT molecular complexity index is 1280. The molecule has 0 aliphatic heterocycles. The van der Waals surface area contributed by atoms with Crippen molar-refractivity contribution in [3.05, 3.63) is 116 Å². The highest BCUT2D eigenvalue weighted by Gasteiger charge is 2.20. The summed E-state index contributed by atoms with van der Waals surface area (Å²) in [6.07, 6.45) is 5.64. The second-order valence-corrected chi connectivity index (χ2v) is 9.98. The van der Waals surface area contributed by atoms with Gasteiger partial charge in [0, 0.05) is 30.7 Å². The Hall–Kier alpha value is -1.92. The van der Waals surface area contributed by atoms with E-state index in [1.54, 1.807) is 36.4 Å². The summed E-state index contributed by atoms with van der Waals surface area (Å²) >= 11 is 30.9. The highest BCUT2D eigenvalue weighted by Crippen LogP contribution is 2.31. The molecule has 4 nitrogen and oxygen atoms in total. The predicted octanol–water partition coefficient (Wildman–Crippen LogP) is 8.08. The first-order valence-corrected chi connectivity index (χ1v) is 12.7. The Kier molecular flexibility index (Phi) is 9.23. The van der Waals surface area contributed by atoms with Gasteiger partial charge in [-0.1, -0.05) is 70.1 Å². The lowest BCUT2D eigenvalue weighted by molar-refractivity contribution is -0.704. The van der Waals surface area contributed by atoms with Crippen LogP contribution in [-0.2, 0) is 24.4 Å². The molecule has 182 valence electrons. The van der Waals surface area contributed by atoms with Gasteiger partial charge in [-0.15, -0.1) is 0 Å². The summed E-state index contributed by atoms with van der Waals surface area (Å²) in [7, 11) is 0. The molecule has 1 unspecified atom stereocenters. The molecule has 1 aromatic heterocycles. The van der Waals surface area contributed by atoms with Gasteiger partial charge >= 0.3 is 0 Å². The minimum absolute atomic E-state index is 0.301. The fourth-order valence-electron chi connectivity index (χ4n) is 3.50. The van der Waals surface area contributed by atoms with E-state index in [4.69, 9.17) is 67.5 Å². The van der Waals surface area contributed by atoms with E-state index in [9.17, 15) is 0 Å². The average molecular weight is 572 g/mol. The van der Waals surface area contributed by atoms with Crippen molar-refractivity contribution in [3.63, 3.8) is 0 Å². The maximum atomic E-state index is 6.52. The molecule has 0 saturated carbocycles. The van der Waals surface area contributed by atoms with Crippen molar-refractivity contribution in [2.75, 3.05) is 6.61 Å². The molecule has 4 rings (SSSR count). The van der Waals surface area contributed by atoms with E-state index in [0.717, 1.165) is 16.9 Å². The van der Waals surface area contributed by atoms with Crippen molar-refractivity contribution in [2.45, 2.75) is 25.8 Å². The fraction of sp³-hybridized carbons (Fsp3) is 0.192. The number of nitrogens with zero attached hydrogens (tertiary/aromatic N) is 2. The van der Waals surface area contributed by atoms with Gasteiger partial charge in [-0.3, -0.25) is 0 Å². The van der Waals surface area contributed by atoms with Crippen molar-refractivity contribution in [1.82, 2.24) is 4.57 Å². The molecule has 0 bridgehead atoms. The number of imidazole rings is 1. The standard InChI is InChI=1S/C26H22Cl5N2O2/c27-19-3-6-22(7-4-19)34-12-11-32-9-10-33(17-32)15-26(23-8-5-21(29)14-25(23)31)35-16-18-1-2-20(28)13-24(18)30/h1-10,13-14,17,26H,11-12,15-16H2/q+1. The van der Waals surface area contributed by atoms with E-state index in [2.05, 4.69) is 0 Å². The maximum absolute atomic E-state index is 6.52. The molecule has 1 heterocycles. The Labute approximate surface area is 229 Å². The SMILES string of the molecule is Clc1ccc(OCCn2cc[n+](CC(OCc3ccc(Cl)cc3Cl)c3ccc(Cl)cc3Cl)c2)cc1. The molecule has 1 atom stereocenters. The molecule has 9 heteroatoms. The van der Waals surface area contributed by atoms with Crippen LogP contribution in [0.4, 0.5) is 0 Å². The third-order valence-electron chi connectivity index (χ3n) is 5.32. The minimum Gasteiger partial charge on any atom is -0.489 e. The number of rotatable bonds is 10. The molecule has 0 fully saturated rings. The molecular weight excluding hydrogens is 550 g/mol. The zero-order chi connectivity index (χ0) is 24.8. The summed E-state index contributed by atoms with van der Waals surface area (Å²) in [4.78, 5) is 0. The molecule has 0 aliphatic rings. The summed E-state index contributed by atoms with van der Waals surface area (Å²) in [6, 6.07) is 18.1. The molecule has 0 amide bonds. The van der Waals surface area contributed by atoms with Crippen LogP contribution in [0, 0.1) is 0 Å². The quantitative estimate of drug-likeness (QED) is 0.180. The number of aromatic nitrogens is 2. The van der Waals surface area contributed by atoms with Crippen LogP contribution in [0.15, 0.2) is 79.4 Å². The molecule has 0 radical (unpaired) electrons. The minimum atomic E-state index is -0.335. The van der Waals surface area contributed by atoms with Crippen molar-refractivity contribution >= 4 is 58.0 Å². The number of ether oxygens (including phenoxy) is 2. The van der Waals surface area contributed by atoms with Crippen LogP contribution in [0.1, 0.15) is 17.2 Å². The molecule has 0 N–H and O–H groups in total. The largest absolute Gasteiger partial charge is 0.489 e. The topological polar surface area (TPSA) is 27.3 Å². The van der Waals surface area contributed by atoms with E-state index >= 15 is 0 Å². The summed E-state index contributed by atoms with van der Waals surface area (Å²) in [5, 5.41) is 2.92. The molecule has 4 aromatic rings. The lowest BCUT2D eigenvalue weighted by Gasteiger charge is -2.19. The van der Waals surface area contributed by atoms with Gasteiger partial charge < -0.3 is 9.47 Å². The third kappa shape index (κ3) is 7.53. The number of hydrogen-bond acceptors (Lipinski definition) is 2. The van der Waals surface area contributed by atoms with Gasteiger partial charge in [0.15, 0.2) is 0 Å². The van der Waals surface area contributed by atoms with Gasteiger partial charge in [0.25, 0.3) is 0 Å². The zero-order valence-corrected chi connectivity index (χ0v) is 22.3. The van der Waals surface area contributed by atoms with Crippen LogP contribution in [-0.4, -0.2) is 11.2 Å². The number of halogens is 5. The van der Waals surface area contributed by atoms with Crippen LogP contribution in [0.5, 0.6) is 5.75 Å². The van der Waals surface area contributed by atoms with Crippen LogP contribution in [0.2, 0.25) is 25.1 Å². The molecule has 35 heavy (non-hydrogen) atoms. The molecule has 0 saturated heterocycles. The van der Waals surface area contributed by atoms with Gasteiger partial charge in [0.1, 0.15) is 43.9 Å². The van der Waals surface area contributed by atoms with Gasteiger partial charge in [-0.25, -0.2) is 9.13 Å². The van der Waals surface area contributed by atoms with E-state index in [1.807, 2.05) is 52.1 Å². The van der Waals surface area contributed by atoms with Crippen LogP contribution in [0.25, 0.3) is 0 Å². The van der Waals surface area contributed by atoms with Crippen molar-refractivity contribution in [3.8, 4) is 5.75 Å². The first-order chi connectivity index (χ1) is 16.9. The van der Waals surface area contributed by atoms with Gasteiger partial charge in [0.2, 0.25) is 6.33 Å². The number of hydrogen-bond donors (Lipinski definition) is 0. The average Bonchev–Trinajstić information content (AvgIpc) is 3.26. The molecule has 0 aliphatic carbocycles. The smallest absolute Gasteiger partial charge is 0.243 e. The summed E-state index contributed by atoms with van der Waals surface area (Å²) < 4.78 is 16.2. The highest BCUT2D eigenvalue weighted by atomic mass is 35.5. The summed E-state index contributed by atoms with van der Waals surface area (Å²) in [5.41, 5.74) is 1.68. The summed E-state index contributed by atoms with van der Waals surface area (Å²) in [5.74, 6) is 0.779. The first kappa shape index (κ1) is 26.2. The Balaban J connectivity index is 1.43. The highest BCUT2D eigenvalue weighted by molar-refractivity contribution is 6.35. The van der Waals surface area contributed by atoms with Crippen LogP contribution in [0.3, 0.4) is 0 Å². The predicted molar refractivity (Wildman–Crippen MR) is 142 cm³/mol. The lowest BCUT2D eigenvalue weighted by Crippen LogP contribution is -2.35. The van der Waals surface area contributed by atoms with E-state index in [1.165, 1.54) is 0 Å². The Morgan fingerprint density at radius 3 is 2.20 bits per heavy atom. The summed E-state index contributed by atoms with van der Waals surface area (Å²) in [6.45, 7) is 2.05. The Morgan fingerprint density at radius 2 is 1.49 bits per heavy atom. The van der Waals surface area contributed by atoms with Gasteiger partial charge in [0.05, 0.1) is 6.61 Å². The number of benzene rings is 3. The third-order valence-corrected chi connectivity index (χ3v) is 6.72. The first-order valence-electron chi connectivity index (χ1n) is 10.8. The van der Waals surface area contributed by atoms with Crippen molar-refractivity contribution in [2.24, 2.45) is 0 Å². The van der Waals surface area contributed by atoms with E-state index in [0.29, 0.717) is 51.4 Å². The van der Waals surface area contributed by atoms with Gasteiger partial charge in [-0.2, -0.15) is 0 Å². The van der Waals surface area contributed by atoms with E-state index in [-0.39, 0.29) is 6.10 Å². The second kappa shape index (κ2) is 12.4. The second-order valence-electron chi connectivity index (χ2n) is 7.85. The van der Waals surface area contributed by atoms with Crippen LogP contribution < -0.4 is 9.30 Å². The zero-order valence-electron chi connectivity index (χ0n) is 18.5. The lowest BCUT2D eigenvalue weighted by atomic mass is 10.1. The van der Waals surface area contributed by atoms with Crippen LogP contribution >= 0.6 is 58.0 Å². The monoisotopic (exact) mass is 569 g/mol. The normalized spacial score (nSPS) is 12.0. The van der Waals surface area contributed by atoms with Crippen molar-refractivity contribution in [1.29, 1.82) is 0 Å². The molecule has 0 spiro atoms. The molecule has 3 aromatic carbocycles. The van der Waals surface area contributed by atoms with Crippen molar-refractivity contribution < 1.29 is 14.0 Å². The fourth-order valence-corrected chi connectivity index (χ4v) is 4.62. The van der Waals surface area contributed by atoms with Gasteiger partial charge in [-0.05, 0) is 54.1 Å². The molecular formula is C26H22Cl5N2O2+. The maximum Gasteiger partial charge on any atom is 0.243 e.